The number of carbonyl (C=O) groups is 2. The second-order valence-electron chi connectivity index (χ2n) is 8.27. The van der Waals surface area contributed by atoms with Crippen LogP contribution < -0.4 is 5.32 Å². The van der Waals surface area contributed by atoms with Crippen LogP contribution in [0.25, 0.3) is 11.4 Å². The van der Waals surface area contributed by atoms with Gasteiger partial charge in [-0.05, 0) is 56.0 Å². The van der Waals surface area contributed by atoms with Crippen molar-refractivity contribution in [2.75, 3.05) is 12.4 Å². The molecule has 0 saturated carbocycles. The molecule has 1 saturated heterocycles. The van der Waals surface area contributed by atoms with Gasteiger partial charge in [0.25, 0.3) is 0 Å². The molecule has 0 unspecified atom stereocenters. The van der Waals surface area contributed by atoms with Gasteiger partial charge in [0.05, 0.1) is 24.4 Å². The number of aromatic nitrogens is 3. The molecule has 1 aliphatic heterocycles. The van der Waals surface area contributed by atoms with Crippen LogP contribution in [0.4, 0.5) is 0 Å². The van der Waals surface area contributed by atoms with Gasteiger partial charge in [-0.1, -0.05) is 53.7 Å². The van der Waals surface area contributed by atoms with E-state index in [2.05, 4.69) is 15.5 Å². The number of ketones is 1. The highest BCUT2D eigenvalue weighted by atomic mass is 35.5. The SMILES string of the molecule is CC(=O)[C@H](Cc1ccccc1)NC(=O)CSc1nnc(-c2ccc(Cl)cc2)n1C[C@H]1CCCO1. The van der Waals surface area contributed by atoms with Crippen LogP contribution in [0.1, 0.15) is 25.3 Å². The molecule has 2 heterocycles. The van der Waals surface area contributed by atoms with E-state index in [9.17, 15) is 9.59 Å². The molecule has 2 atom stereocenters. The summed E-state index contributed by atoms with van der Waals surface area (Å²) < 4.78 is 7.83. The molecule has 1 amide bonds. The predicted octanol–water partition coefficient (Wildman–Crippen LogP) is 4.19. The Hall–Kier alpha value is -2.68. The molecule has 4 rings (SSSR count). The average molecular weight is 499 g/mol. The maximum absolute atomic E-state index is 12.7. The fraction of sp³-hybridized carbons (Fsp3) is 0.360. The highest BCUT2D eigenvalue weighted by Gasteiger charge is 2.23. The minimum absolute atomic E-state index is 0.0752. The summed E-state index contributed by atoms with van der Waals surface area (Å²) in [5.41, 5.74) is 1.89. The molecule has 178 valence electrons. The summed E-state index contributed by atoms with van der Waals surface area (Å²) in [6, 6.07) is 16.5. The van der Waals surface area contributed by atoms with Crippen LogP contribution in [0, 0.1) is 0 Å². The molecule has 1 fully saturated rings. The lowest BCUT2D eigenvalue weighted by atomic mass is 10.0. The van der Waals surface area contributed by atoms with E-state index >= 15 is 0 Å². The molecule has 1 aromatic heterocycles. The molecule has 9 heteroatoms. The highest BCUT2D eigenvalue weighted by molar-refractivity contribution is 7.99. The number of Topliss-reactive ketones (excluding diaryl/α,β-unsaturated/α-hetero) is 1. The van der Waals surface area contributed by atoms with Crippen molar-refractivity contribution in [1.82, 2.24) is 20.1 Å². The summed E-state index contributed by atoms with van der Waals surface area (Å²) >= 11 is 7.35. The molecular formula is C25H27ClN4O3S. The number of hydrogen-bond acceptors (Lipinski definition) is 6. The number of nitrogens with one attached hydrogen (secondary N) is 1. The van der Waals surface area contributed by atoms with E-state index in [-0.39, 0.29) is 23.5 Å². The summed E-state index contributed by atoms with van der Waals surface area (Å²) in [7, 11) is 0. The van der Waals surface area contributed by atoms with Gasteiger partial charge in [-0.3, -0.25) is 14.2 Å². The van der Waals surface area contributed by atoms with Gasteiger partial charge in [0.2, 0.25) is 5.91 Å². The minimum atomic E-state index is -0.565. The van der Waals surface area contributed by atoms with E-state index in [4.69, 9.17) is 16.3 Å². The monoisotopic (exact) mass is 498 g/mol. The first kappa shape index (κ1) is 24.4. The van der Waals surface area contributed by atoms with Gasteiger partial charge in [-0.25, -0.2) is 0 Å². The van der Waals surface area contributed by atoms with Crippen molar-refractivity contribution in [3.63, 3.8) is 0 Å². The molecule has 0 bridgehead atoms. The van der Waals surface area contributed by atoms with Gasteiger partial charge in [0, 0.05) is 17.2 Å². The van der Waals surface area contributed by atoms with Crippen LogP contribution in [-0.2, 0) is 27.3 Å². The third kappa shape index (κ3) is 6.46. The van der Waals surface area contributed by atoms with Crippen LogP contribution in [0.15, 0.2) is 59.8 Å². The van der Waals surface area contributed by atoms with E-state index in [0.717, 1.165) is 30.6 Å². The number of halogens is 1. The van der Waals surface area contributed by atoms with Crippen molar-refractivity contribution in [1.29, 1.82) is 0 Å². The Morgan fingerprint density at radius 3 is 2.62 bits per heavy atom. The summed E-state index contributed by atoms with van der Waals surface area (Å²) in [6.07, 6.45) is 2.55. The molecule has 0 aliphatic carbocycles. The molecule has 1 aliphatic rings. The zero-order chi connectivity index (χ0) is 23.9. The van der Waals surface area contributed by atoms with Crippen molar-refractivity contribution in [2.24, 2.45) is 0 Å². The Labute approximate surface area is 208 Å². The zero-order valence-electron chi connectivity index (χ0n) is 18.9. The first-order valence-electron chi connectivity index (χ1n) is 11.3. The maximum atomic E-state index is 12.7. The predicted molar refractivity (Wildman–Crippen MR) is 133 cm³/mol. The van der Waals surface area contributed by atoms with Crippen molar-refractivity contribution in [3.05, 3.63) is 65.2 Å². The van der Waals surface area contributed by atoms with Crippen molar-refractivity contribution < 1.29 is 14.3 Å². The van der Waals surface area contributed by atoms with Crippen molar-refractivity contribution in [2.45, 2.75) is 50.0 Å². The number of thioether (sulfide) groups is 1. The topological polar surface area (TPSA) is 86.1 Å². The second kappa shape index (κ2) is 11.6. The standard InChI is InChI=1S/C25H27ClN4O3S/c1-17(31)22(14-18-6-3-2-4-7-18)27-23(32)16-34-25-29-28-24(19-9-11-20(26)12-10-19)30(25)15-21-8-5-13-33-21/h2-4,6-7,9-12,21-22H,5,8,13-16H2,1H3,(H,27,32)/t21-,22+/m1/s1. The van der Waals surface area contributed by atoms with E-state index in [1.165, 1.54) is 18.7 Å². The van der Waals surface area contributed by atoms with E-state index < -0.39 is 6.04 Å². The van der Waals surface area contributed by atoms with Crippen molar-refractivity contribution in [3.8, 4) is 11.4 Å². The number of nitrogens with zero attached hydrogens (tertiary/aromatic N) is 3. The van der Waals surface area contributed by atoms with Crippen LogP contribution >= 0.6 is 23.4 Å². The fourth-order valence-electron chi connectivity index (χ4n) is 3.88. The molecule has 1 N–H and O–H groups in total. The number of rotatable bonds is 10. The van der Waals surface area contributed by atoms with Crippen LogP contribution in [-0.4, -0.2) is 51.0 Å². The molecule has 0 spiro atoms. The summed E-state index contributed by atoms with van der Waals surface area (Å²) in [5, 5.41) is 12.9. The van der Waals surface area contributed by atoms with Crippen molar-refractivity contribution >= 4 is 35.1 Å². The van der Waals surface area contributed by atoms with E-state index in [1.54, 1.807) is 0 Å². The molecule has 3 aromatic rings. The number of ether oxygens (including phenoxy) is 1. The first-order chi connectivity index (χ1) is 16.5. The third-order valence-corrected chi connectivity index (χ3v) is 6.89. The number of amides is 1. The number of benzene rings is 2. The van der Waals surface area contributed by atoms with E-state index in [1.807, 2.05) is 59.2 Å². The lowest BCUT2D eigenvalue weighted by molar-refractivity contribution is -0.125. The zero-order valence-corrected chi connectivity index (χ0v) is 20.5. The van der Waals surface area contributed by atoms with Gasteiger partial charge < -0.3 is 10.1 Å². The lowest BCUT2D eigenvalue weighted by Gasteiger charge is -2.17. The lowest BCUT2D eigenvalue weighted by Crippen LogP contribution is -2.42. The van der Waals surface area contributed by atoms with E-state index in [0.29, 0.717) is 29.0 Å². The highest BCUT2D eigenvalue weighted by Crippen LogP contribution is 2.27. The Bertz CT molecular complexity index is 1110. The fourth-order valence-corrected chi connectivity index (χ4v) is 4.76. The summed E-state index contributed by atoms with van der Waals surface area (Å²) in [4.78, 5) is 24.8. The summed E-state index contributed by atoms with van der Waals surface area (Å²) in [6.45, 7) is 2.86. The number of hydrogen-bond donors (Lipinski definition) is 1. The molecule has 2 aromatic carbocycles. The van der Waals surface area contributed by atoms with Gasteiger partial charge >= 0.3 is 0 Å². The van der Waals surface area contributed by atoms with Crippen LogP contribution in [0.5, 0.6) is 0 Å². The summed E-state index contributed by atoms with van der Waals surface area (Å²) in [5.74, 6) is 0.540. The van der Waals surface area contributed by atoms with Gasteiger partial charge in [-0.15, -0.1) is 10.2 Å². The van der Waals surface area contributed by atoms with Gasteiger partial charge in [0.15, 0.2) is 16.8 Å². The largest absolute Gasteiger partial charge is 0.376 e. The molecule has 34 heavy (non-hydrogen) atoms. The first-order valence-corrected chi connectivity index (χ1v) is 12.6. The van der Waals surface area contributed by atoms with Gasteiger partial charge in [-0.2, -0.15) is 0 Å². The molecular weight excluding hydrogens is 472 g/mol. The van der Waals surface area contributed by atoms with Crippen LogP contribution in [0.3, 0.4) is 0 Å². The quantitative estimate of drug-likeness (QED) is 0.422. The Morgan fingerprint density at radius 1 is 1.18 bits per heavy atom. The Kier molecular flexibility index (Phi) is 8.37. The Balaban J connectivity index is 1.45. The molecule has 0 radical (unpaired) electrons. The molecule has 7 nitrogen and oxygen atoms in total. The second-order valence-corrected chi connectivity index (χ2v) is 9.65. The maximum Gasteiger partial charge on any atom is 0.231 e. The Morgan fingerprint density at radius 2 is 1.94 bits per heavy atom. The smallest absolute Gasteiger partial charge is 0.231 e. The normalized spacial score (nSPS) is 16.4. The minimum Gasteiger partial charge on any atom is -0.376 e. The van der Waals surface area contributed by atoms with Crippen LogP contribution in [0.2, 0.25) is 5.02 Å². The van der Waals surface area contributed by atoms with Gasteiger partial charge in [0.1, 0.15) is 0 Å². The average Bonchev–Trinajstić information content (AvgIpc) is 3.49. The number of carbonyl (C=O) groups excluding carboxylic acids is 2. The third-order valence-electron chi connectivity index (χ3n) is 5.67.